The fourth-order valence-corrected chi connectivity index (χ4v) is 2.03. The summed E-state index contributed by atoms with van der Waals surface area (Å²) in [7, 11) is 0. The Morgan fingerprint density at radius 3 is 2.79 bits per heavy atom. The van der Waals surface area contributed by atoms with E-state index in [0.717, 1.165) is 24.3 Å². The highest BCUT2D eigenvalue weighted by atomic mass is 16.5. The van der Waals surface area contributed by atoms with Gasteiger partial charge in [-0.2, -0.15) is 15.2 Å². The van der Waals surface area contributed by atoms with Gasteiger partial charge in [0.15, 0.2) is 5.82 Å². The molecule has 0 saturated carbocycles. The van der Waals surface area contributed by atoms with Gasteiger partial charge in [-0.05, 0) is 43.2 Å². The second-order valence-corrected chi connectivity index (χ2v) is 5.42. The molecule has 0 aliphatic carbocycles. The standard InChI is InChI=1S/C17H23N5O2/c1-3-4-5-6-11-24-15-9-7-14(8-10-15)12-18-21-16-13(2)20-22-17(23)19-16/h7-10,12H,3-6,11H2,1-2H3,(H2,19,21,22,23)/b18-12+. The Labute approximate surface area is 141 Å². The van der Waals surface area contributed by atoms with E-state index in [1.165, 1.54) is 19.3 Å². The van der Waals surface area contributed by atoms with Crippen LogP contribution in [0.5, 0.6) is 5.75 Å². The molecule has 0 bridgehead atoms. The van der Waals surface area contributed by atoms with Crippen molar-refractivity contribution in [2.24, 2.45) is 5.10 Å². The normalized spacial score (nSPS) is 10.9. The summed E-state index contributed by atoms with van der Waals surface area (Å²) in [6.07, 6.45) is 6.41. The van der Waals surface area contributed by atoms with Gasteiger partial charge in [-0.1, -0.05) is 26.2 Å². The highest BCUT2D eigenvalue weighted by molar-refractivity contribution is 5.80. The third-order valence-electron chi connectivity index (χ3n) is 3.41. The largest absolute Gasteiger partial charge is 0.494 e. The SMILES string of the molecule is CCCCCCOc1ccc(/C=N/Nc2nc(=O)[nH]nc2C)cc1. The number of hydrazone groups is 1. The Hall–Kier alpha value is -2.70. The van der Waals surface area contributed by atoms with Gasteiger partial charge >= 0.3 is 5.69 Å². The second kappa shape index (κ2) is 9.44. The molecule has 0 saturated heterocycles. The number of hydrogen-bond acceptors (Lipinski definition) is 6. The van der Waals surface area contributed by atoms with E-state index in [4.69, 9.17) is 4.74 Å². The molecule has 128 valence electrons. The van der Waals surface area contributed by atoms with Crippen molar-refractivity contribution in [3.63, 3.8) is 0 Å². The van der Waals surface area contributed by atoms with Crippen LogP contribution in [0.2, 0.25) is 0 Å². The van der Waals surface area contributed by atoms with Crippen molar-refractivity contribution < 1.29 is 4.74 Å². The number of H-pyrrole nitrogens is 1. The number of aromatic amines is 1. The third kappa shape index (κ3) is 5.83. The molecule has 2 rings (SSSR count). The van der Waals surface area contributed by atoms with Crippen LogP contribution in [0.4, 0.5) is 5.82 Å². The van der Waals surface area contributed by atoms with Gasteiger partial charge in [0.1, 0.15) is 11.4 Å². The lowest BCUT2D eigenvalue weighted by molar-refractivity contribution is 0.305. The van der Waals surface area contributed by atoms with Crippen molar-refractivity contribution in [1.29, 1.82) is 0 Å². The molecule has 0 aliphatic rings. The Kier molecular flexibility index (Phi) is 6.94. The molecule has 7 nitrogen and oxygen atoms in total. The van der Waals surface area contributed by atoms with Crippen LogP contribution in [-0.4, -0.2) is 28.0 Å². The smallest absolute Gasteiger partial charge is 0.363 e. The number of ether oxygens (including phenoxy) is 1. The van der Waals surface area contributed by atoms with Crippen LogP contribution in [0.3, 0.4) is 0 Å². The fraction of sp³-hybridized carbons (Fsp3) is 0.412. The Balaban J connectivity index is 1.82. The molecule has 0 fully saturated rings. The Morgan fingerprint density at radius 2 is 2.04 bits per heavy atom. The predicted octanol–water partition coefficient (Wildman–Crippen LogP) is 2.88. The van der Waals surface area contributed by atoms with Gasteiger partial charge in [-0.25, -0.2) is 9.89 Å². The summed E-state index contributed by atoms with van der Waals surface area (Å²) in [5.41, 5.74) is 3.68. The molecule has 0 atom stereocenters. The highest BCUT2D eigenvalue weighted by Gasteiger charge is 2.00. The van der Waals surface area contributed by atoms with Crippen molar-refractivity contribution >= 4 is 12.0 Å². The summed E-state index contributed by atoms with van der Waals surface area (Å²) < 4.78 is 5.69. The number of aryl methyl sites for hydroxylation is 1. The van der Waals surface area contributed by atoms with E-state index in [0.29, 0.717) is 11.5 Å². The second-order valence-electron chi connectivity index (χ2n) is 5.42. The molecule has 24 heavy (non-hydrogen) atoms. The van der Waals surface area contributed by atoms with Crippen LogP contribution in [-0.2, 0) is 0 Å². The molecule has 2 N–H and O–H groups in total. The molecule has 0 unspecified atom stereocenters. The molecular formula is C17H23N5O2. The topological polar surface area (TPSA) is 92.3 Å². The molecule has 1 heterocycles. The number of hydrogen-bond donors (Lipinski definition) is 2. The van der Waals surface area contributed by atoms with Crippen molar-refractivity contribution in [3.8, 4) is 5.75 Å². The lowest BCUT2D eigenvalue weighted by Gasteiger charge is -2.06. The van der Waals surface area contributed by atoms with Crippen LogP contribution >= 0.6 is 0 Å². The first-order valence-corrected chi connectivity index (χ1v) is 8.14. The van der Waals surface area contributed by atoms with Gasteiger partial charge in [-0.15, -0.1) is 0 Å². The summed E-state index contributed by atoms with van der Waals surface area (Å²) in [5, 5.41) is 10.1. The van der Waals surface area contributed by atoms with Crippen LogP contribution in [0, 0.1) is 6.92 Å². The maximum absolute atomic E-state index is 11.1. The average Bonchev–Trinajstić information content (AvgIpc) is 2.59. The first kappa shape index (κ1) is 17.7. The third-order valence-corrected chi connectivity index (χ3v) is 3.41. The lowest BCUT2D eigenvalue weighted by atomic mass is 10.2. The predicted molar refractivity (Wildman–Crippen MR) is 94.7 cm³/mol. The number of nitrogens with zero attached hydrogens (tertiary/aromatic N) is 3. The Morgan fingerprint density at radius 1 is 1.25 bits per heavy atom. The zero-order chi connectivity index (χ0) is 17.2. The van der Waals surface area contributed by atoms with Crippen molar-refractivity contribution in [1.82, 2.24) is 15.2 Å². The van der Waals surface area contributed by atoms with E-state index in [1.54, 1.807) is 13.1 Å². The molecular weight excluding hydrogens is 306 g/mol. The van der Waals surface area contributed by atoms with Gasteiger partial charge in [-0.3, -0.25) is 5.43 Å². The van der Waals surface area contributed by atoms with Crippen molar-refractivity contribution in [2.45, 2.75) is 39.5 Å². The van der Waals surface area contributed by atoms with Crippen LogP contribution in [0.1, 0.15) is 43.9 Å². The fourth-order valence-electron chi connectivity index (χ4n) is 2.03. The average molecular weight is 329 g/mol. The minimum Gasteiger partial charge on any atom is -0.494 e. The minimum atomic E-state index is -0.515. The van der Waals surface area contributed by atoms with Crippen molar-refractivity contribution in [2.75, 3.05) is 12.0 Å². The first-order chi connectivity index (χ1) is 11.7. The van der Waals surface area contributed by atoms with E-state index in [-0.39, 0.29) is 0 Å². The number of aromatic nitrogens is 3. The maximum Gasteiger partial charge on any atom is 0.363 e. The van der Waals surface area contributed by atoms with Crippen LogP contribution in [0.25, 0.3) is 0 Å². The van der Waals surface area contributed by atoms with Gasteiger partial charge in [0, 0.05) is 0 Å². The van der Waals surface area contributed by atoms with Crippen LogP contribution < -0.4 is 15.9 Å². The van der Waals surface area contributed by atoms with Crippen molar-refractivity contribution in [3.05, 3.63) is 46.0 Å². The highest BCUT2D eigenvalue weighted by Crippen LogP contribution is 2.12. The van der Waals surface area contributed by atoms with E-state index >= 15 is 0 Å². The summed E-state index contributed by atoms with van der Waals surface area (Å²) in [6.45, 7) is 4.67. The summed E-state index contributed by atoms with van der Waals surface area (Å²) in [4.78, 5) is 14.9. The van der Waals surface area contributed by atoms with Crippen LogP contribution in [0.15, 0.2) is 34.2 Å². The first-order valence-electron chi connectivity index (χ1n) is 8.14. The van der Waals surface area contributed by atoms with Gasteiger partial charge in [0.2, 0.25) is 0 Å². The van der Waals surface area contributed by atoms with E-state index in [9.17, 15) is 4.79 Å². The molecule has 7 heteroatoms. The zero-order valence-electron chi connectivity index (χ0n) is 14.1. The summed E-state index contributed by atoms with van der Waals surface area (Å²) >= 11 is 0. The summed E-state index contributed by atoms with van der Waals surface area (Å²) in [5.74, 6) is 1.19. The van der Waals surface area contributed by atoms with E-state index in [1.807, 2.05) is 24.3 Å². The quantitative estimate of drug-likeness (QED) is 0.419. The Bertz CT molecular complexity index is 710. The molecule has 1 aromatic heterocycles. The molecule has 0 spiro atoms. The maximum atomic E-state index is 11.1. The molecule has 0 radical (unpaired) electrons. The number of nitrogens with one attached hydrogen (secondary N) is 2. The van der Waals surface area contributed by atoms with E-state index < -0.39 is 5.69 Å². The number of benzene rings is 1. The minimum absolute atomic E-state index is 0.335. The van der Waals surface area contributed by atoms with E-state index in [2.05, 4.69) is 32.6 Å². The number of unbranched alkanes of at least 4 members (excludes halogenated alkanes) is 3. The zero-order valence-corrected chi connectivity index (χ0v) is 14.1. The monoisotopic (exact) mass is 329 g/mol. The molecule has 2 aromatic rings. The number of rotatable bonds is 9. The van der Waals surface area contributed by atoms with Gasteiger partial charge in [0.25, 0.3) is 0 Å². The van der Waals surface area contributed by atoms with Gasteiger partial charge in [0.05, 0.1) is 12.8 Å². The summed E-state index contributed by atoms with van der Waals surface area (Å²) in [6, 6.07) is 7.67. The number of anilines is 1. The molecule has 0 amide bonds. The van der Waals surface area contributed by atoms with Gasteiger partial charge < -0.3 is 4.74 Å². The molecule has 0 aliphatic heterocycles. The molecule has 1 aromatic carbocycles. The lowest BCUT2D eigenvalue weighted by Crippen LogP contribution is -2.15.